The molecule has 0 aliphatic rings. The second-order valence-electron chi connectivity index (χ2n) is 0.493. The maximum absolute atomic E-state index is 4.43. The number of methoxy groups -OCH3 is 1. The smallest absolute Gasteiger partial charge is 0.0319 e. The Kier molecular flexibility index (Phi) is 83.5. The zero-order valence-corrected chi connectivity index (χ0v) is 10.6. The molecule has 0 aromatic heterocycles. The Morgan fingerprint density at radius 1 is 1.57 bits per heavy atom. The molecule has 0 N–H and O–H groups in total. The zero-order valence-electron chi connectivity index (χ0n) is 4.81. The zero-order chi connectivity index (χ0) is 3.41. The fourth-order valence-corrected chi connectivity index (χ4v) is 0. The maximum Gasteiger partial charge on any atom is 0.0319 e. The van der Waals surface area contributed by atoms with E-state index in [0.717, 1.165) is 0 Å². The van der Waals surface area contributed by atoms with Gasteiger partial charge in [-0.1, -0.05) is 6.61 Å². The van der Waals surface area contributed by atoms with Crippen LogP contribution in [0.1, 0.15) is 0 Å². The van der Waals surface area contributed by atoms with Gasteiger partial charge in [0, 0.05) is 60.9 Å². The van der Waals surface area contributed by atoms with Crippen molar-refractivity contribution in [1.29, 1.82) is 0 Å². The second kappa shape index (κ2) is 25.1. The molecule has 0 atom stereocenters. The van der Waals surface area contributed by atoms with Crippen molar-refractivity contribution in [3.05, 3.63) is 14.4 Å². The molecule has 7 heavy (non-hydrogen) atoms. The normalized spacial score (nSPS) is 4.29. The molecule has 0 amide bonds. The fourth-order valence-electron chi connectivity index (χ4n) is 0. The van der Waals surface area contributed by atoms with Crippen molar-refractivity contribution in [3.63, 3.8) is 0 Å². The summed E-state index contributed by atoms with van der Waals surface area (Å²) < 4.78 is 4.43. The van der Waals surface area contributed by atoms with E-state index < -0.39 is 0 Å². The Hall–Kier alpha value is 1.75. The van der Waals surface area contributed by atoms with Crippen molar-refractivity contribution in [2.24, 2.45) is 0 Å². The Morgan fingerprint density at radius 2 is 1.71 bits per heavy atom. The first-order valence-corrected chi connectivity index (χ1v) is 1.20. The van der Waals surface area contributed by atoms with Crippen LogP contribution in [0, 0.1) is 14.4 Å². The van der Waals surface area contributed by atoms with Gasteiger partial charge in [-0.3, -0.25) is 0 Å². The topological polar surface area (TPSA) is 9.23 Å². The first-order chi connectivity index (χ1) is 1.91. The van der Waals surface area contributed by atoms with E-state index in [4.69, 9.17) is 0 Å². The van der Waals surface area contributed by atoms with Crippen molar-refractivity contribution in [3.8, 4) is 0 Å². The summed E-state index contributed by atoms with van der Waals surface area (Å²) in [6, 6.07) is 0. The number of ether oxygens (including phenoxy) is 1. The van der Waals surface area contributed by atoms with E-state index in [2.05, 4.69) is 11.7 Å². The van der Waals surface area contributed by atoms with Crippen LogP contribution in [0.2, 0.25) is 0 Å². The minimum atomic E-state index is 0. The molecule has 0 aliphatic heterocycles. The van der Waals surface area contributed by atoms with Crippen LogP contribution in [0.15, 0.2) is 0 Å². The summed E-state index contributed by atoms with van der Waals surface area (Å²) in [6.45, 7) is 3.95. The summed E-state index contributed by atoms with van der Waals surface area (Å²) in [5, 5.41) is 0. The molecule has 3 heteroatoms. The Bertz CT molecular complexity index is 13.7. The summed E-state index contributed by atoms with van der Waals surface area (Å²) in [4.78, 5) is 0. The van der Waals surface area contributed by atoms with Crippen LogP contribution in [0.5, 0.6) is 0 Å². The first-order valence-electron chi connectivity index (χ1n) is 1.20. The summed E-state index contributed by atoms with van der Waals surface area (Å²) in [7, 11) is 1.62. The molecule has 1 radical (unpaired) electrons. The molecule has 0 bridgehead atoms. The van der Waals surface area contributed by atoms with Gasteiger partial charge in [0.15, 0.2) is 0 Å². The quantitative estimate of drug-likeness (QED) is 0.641. The predicted molar refractivity (Wildman–Crippen MR) is 23.6 cm³/mol. The van der Waals surface area contributed by atoms with Crippen molar-refractivity contribution in [1.82, 2.24) is 0 Å². The van der Waals surface area contributed by atoms with E-state index in [0.29, 0.717) is 6.61 Å². The molecule has 0 spiro atoms. The standard InChI is InChI=1S/C3H7O.CH3.W.Y/c1-3-4-2;;;/h1,3H2,2H3;1H3;;/q2*-1;;. The molecule has 0 aromatic rings. The van der Waals surface area contributed by atoms with Crippen molar-refractivity contribution < 1.29 is 58.5 Å². The molecule has 0 saturated carbocycles. The van der Waals surface area contributed by atoms with Gasteiger partial charge < -0.3 is 19.1 Å². The SMILES string of the molecule is [CH2-]COC.[CH3-].[W].[Y]. The summed E-state index contributed by atoms with van der Waals surface area (Å²) in [5.41, 5.74) is 0. The van der Waals surface area contributed by atoms with Gasteiger partial charge in [0.25, 0.3) is 0 Å². The minimum absolute atomic E-state index is 0. The maximum atomic E-state index is 4.43. The van der Waals surface area contributed by atoms with E-state index in [9.17, 15) is 0 Å². The van der Waals surface area contributed by atoms with Crippen LogP contribution in [0.25, 0.3) is 0 Å². The van der Waals surface area contributed by atoms with Crippen molar-refractivity contribution in [2.45, 2.75) is 0 Å². The minimum Gasteiger partial charge on any atom is -0.417 e. The van der Waals surface area contributed by atoms with Crippen LogP contribution < -0.4 is 0 Å². The van der Waals surface area contributed by atoms with Gasteiger partial charge in [-0.25, -0.2) is 0 Å². The molecule has 43 valence electrons. The number of rotatable bonds is 1. The van der Waals surface area contributed by atoms with Gasteiger partial charge in [-0.2, -0.15) is 0 Å². The van der Waals surface area contributed by atoms with Gasteiger partial charge in [-0.15, -0.1) is 0 Å². The summed E-state index contributed by atoms with van der Waals surface area (Å²) >= 11 is 0. The molecule has 0 fully saturated rings. The third-order valence-electron chi connectivity index (χ3n) is 0.204. The van der Waals surface area contributed by atoms with Gasteiger partial charge in [-0.05, 0) is 0 Å². The number of hydrogen-bond acceptors (Lipinski definition) is 1. The molecule has 0 aromatic carbocycles. The number of hydrogen-bond donors (Lipinski definition) is 0. The Labute approximate surface area is 85.7 Å². The van der Waals surface area contributed by atoms with Gasteiger partial charge in [0.2, 0.25) is 0 Å². The van der Waals surface area contributed by atoms with Crippen LogP contribution in [0.3, 0.4) is 0 Å². The van der Waals surface area contributed by atoms with Crippen LogP contribution in [-0.2, 0) is 58.5 Å². The van der Waals surface area contributed by atoms with E-state index >= 15 is 0 Å². The van der Waals surface area contributed by atoms with E-state index in [1.807, 2.05) is 0 Å². The van der Waals surface area contributed by atoms with Crippen molar-refractivity contribution in [2.75, 3.05) is 13.7 Å². The summed E-state index contributed by atoms with van der Waals surface area (Å²) in [6.07, 6.45) is 0. The molecular weight excluding hydrogens is 337 g/mol. The molecule has 0 aliphatic carbocycles. The van der Waals surface area contributed by atoms with Crippen LogP contribution in [0.4, 0.5) is 0 Å². The van der Waals surface area contributed by atoms with E-state index in [-0.39, 0.29) is 61.2 Å². The second-order valence-corrected chi connectivity index (χ2v) is 0.493. The molecule has 1 nitrogen and oxygen atoms in total. The van der Waals surface area contributed by atoms with Crippen molar-refractivity contribution >= 4 is 0 Å². The van der Waals surface area contributed by atoms with Crippen LogP contribution in [-0.4, -0.2) is 13.7 Å². The third-order valence-corrected chi connectivity index (χ3v) is 0.204. The summed E-state index contributed by atoms with van der Waals surface area (Å²) in [5.74, 6) is 0. The predicted octanol–water partition coefficient (Wildman–Crippen LogP) is 0.912. The molecular formula is C4H10OWY-2. The van der Waals surface area contributed by atoms with E-state index in [1.165, 1.54) is 0 Å². The first kappa shape index (κ1) is 23.3. The van der Waals surface area contributed by atoms with Gasteiger partial charge in [0.05, 0.1) is 0 Å². The van der Waals surface area contributed by atoms with Gasteiger partial charge in [0.1, 0.15) is 0 Å². The Morgan fingerprint density at radius 3 is 1.71 bits per heavy atom. The van der Waals surface area contributed by atoms with E-state index in [1.54, 1.807) is 7.11 Å². The molecule has 0 saturated heterocycles. The largest absolute Gasteiger partial charge is 0.417 e. The average molecular weight is 347 g/mol. The Balaban J connectivity index is -0.0000000150. The molecule has 0 unspecified atom stereocenters. The monoisotopic (exact) mass is 347 g/mol. The molecule has 0 heterocycles. The average Bonchev–Trinajstić information content (AvgIpc) is 1.37. The molecule has 0 rings (SSSR count). The van der Waals surface area contributed by atoms with Gasteiger partial charge >= 0.3 is 0 Å². The fraction of sp³-hybridized carbons (Fsp3) is 0.500. The van der Waals surface area contributed by atoms with Crippen LogP contribution >= 0.6 is 0 Å². The third kappa shape index (κ3) is 33.9.